The highest BCUT2D eigenvalue weighted by Gasteiger charge is 2.46. The van der Waals surface area contributed by atoms with Gasteiger partial charge in [-0.2, -0.15) is 10.2 Å². The first-order chi connectivity index (χ1) is 30.0. The summed E-state index contributed by atoms with van der Waals surface area (Å²) in [5, 5.41) is 17.0. The number of benzene rings is 1. The van der Waals surface area contributed by atoms with Gasteiger partial charge in [-0.3, -0.25) is 38.9 Å². The third kappa shape index (κ3) is 7.37. The number of carbonyl (C=O) groups is 5. The lowest BCUT2D eigenvalue weighted by Crippen LogP contribution is -2.54. The summed E-state index contributed by atoms with van der Waals surface area (Å²) in [6, 6.07) is 6.63. The molecule has 4 aromatic rings. The van der Waals surface area contributed by atoms with Gasteiger partial charge in [-0.1, -0.05) is 6.07 Å². The van der Waals surface area contributed by atoms with E-state index in [1.807, 2.05) is 6.07 Å². The number of imide groups is 2. The average molecular weight is 854 g/mol. The smallest absolute Gasteiger partial charge is 0.284 e. The summed E-state index contributed by atoms with van der Waals surface area (Å²) in [7, 11) is 2.16. The zero-order valence-electron chi connectivity index (χ0n) is 34.3. The first-order valence-electron chi connectivity index (χ1n) is 21.7. The second-order valence-corrected chi connectivity index (χ2v) is 17.7. The molecule has 6 aliphatic rings. The van der Waals surface area contributed by atoms with Crippen molar-refractivity contribution in [3.8, 4) is 0 Å². The molecular weight excluding hydrogens is 805 g/mol. The van der Waals surface area contributed by atoms with E-state index in [9.17, 15) is 32.8 Å². The number of aromatic nitrogens is 5. The lowest BCUT2D eigenvalue weighted by molar-refractivity contribution is -0.136. The number of anilines is 3. The lowest BCUT2D eigenvalue weighted by Gasteiger charge is -2.38. The summed E-state index contributed by atoms with van der Waals surface area (Å²) in [6.07, 6.45) is 10.1. The summed E-state index contributed by atoms with van der Waals surface area (Å²) in [5.41, 5.74) is 1.15. The van der Waals surface area contributed by atoms with Crippen LogP contribution in [0.4, 0.5) is 26.0 Å². The van der Waals surface area contributed by atoms with Gasteiger partial charge in [0.25, 0.3) is 24.1 Å². The van der Waals surface area contributed by atoms with Gasteiger partial charge in [-0.15, -0.1) is 0 Å². The Morgan fingerprint density at radius 1 is 0.984 bits per heavy atom. The Labute approximate surface area is 355 Å². The van der Waals surface area contributed by atoms with E-state index in [0.29, 0.717) is 29.9 Å². The number of hydrogen-bond donors (Lipinski definition) is 3. The molecule has 5 fully saturated rings. The van der Waals surface area contributed by atoms with Crippen LogP contribution in [0.5, 0.6) is 0 Å². The molecule has 3 N–H and O–H groups in total. The number of halogens is 2. The molecule has 4 aliphatic heterocycles. The van der Waals surface area contributed by atoms with Crippen molar-refractivity contribution >= 4 is 52.4 Å². The van der Waals surface area contributed by atoms with Gasteiger partial charge in [-0.05, 0) is 95.4 Å². The zero-order chi connectivity index (χ0) is 42.8. The van der Waals surface area contributed by atoms with Crippen LogP contribution in [0.2, 0.25) is 0 Å². The summed E-state index contributed by atoms with van der Waals surface area (Å²) in [5.74, 6) is -1.51. The number of hydrogen-bond acceptors (Lipinski definition) is 12. The third-order valence-corrected chi connectivity index (χ3v) is 13.9. The van der Waals surface area contributed by atoms with E-state index < -0.39 is 47.7 Å². The van der Waals surface area contributed by atoms with Gasteiger partial charge in [-0.25, -0.2) is 18.3 Å². The number of ether oxygens (including phenoxy) is 1. The van der Waals surface area contributed by atoms with Crippen LogP contribution in [-0.4, -0.2) is 121 Å². The number of amides is 5. The van der Waals surface area contributed by atoms with Crippen LogP contribution in [0.15, 0.2) is 42.9 Å². The molecule has 17 nitrogen and oxygen atoms in total. The second kappa shape index (κ2) is 16.1. The van der Waals surface area contributed by atoms with Crippen molar-refractivity contribution in [1.82, 2.24) is 39.5 Å². The van der Waals surface area contributed by atoms with Crippen molar-refractivity contribution < 1.29 is 37.5 Å². The zero-order valence-corrected chi connectivity index (χ0v) is 34.3. The minimum atomic E-state index is -2.88. The van der Waals surface area contributed by atoms with Crippen LogP contribution in [0.3, 0.4) is 0 Å². The Morgan fingerprint density at radius 2 is 1.79 bits per heavy atom. The van der Waals surface area contributed by atoms with E-state index in [0.717, 1.165) is 81.6 Å². The summed E-state index contributed by atoms with van der Waals surface area (Å²) >= 11 is 0. The van der Waals surface area contributed by atoms with Crippen molar-refractivity contribution in [3.05, 3.63) is 65.2 Å². The minimum Gasteiger partial charge on any atom is -0.382 e. The van der Waals surface area contributed by atoms with Crippen molar-refractivity contribution in [1.29, 1.82) is 0 Å². The summed E-state index contributed by atoms with van der Waals surface area (Å²) < 4.78 is 37.5. The van der Waals surface area contributed by atoms with Gasteiger partial charge in [0.15, 0.2) is 11.3 Å². The van der Waals surface area contributed by atoms with Gasteiger partial charge in [0.2, 0.25) is 11.8 Å². The molecule has 62 heavy (non-hydrogen) atoms. The van der Waals surface area contributed by atoms with E-state index in [-0.39, 0.29) is 59.4 Å². The van der Waals surface area contributed by atoms with Gasteiger partial charge >= 0.3 is 0 Å². The molecule has 2 saturated carbocycles. The maximum Gasteiger partial charge on any atom is 0.284 e. The number of nitrogens with one attached hydrogen (secondary N) is 3. The summed E-state index contributed by atoms with van der Waals surface area (Å²) in [4.78, 5) is 75.0. The lowest BCUT2D eigenvalue weighted by atomic mass is 9.84. The molecule has 7 heterocycles. The molecular formula is C43H49F2N11O6. The molecule has 5 amide bonds. The fourth-order valence-electron chi connectivity index (χ4n) is 10.6. The van der Waals surface area contributed by atoms with Crippen molar-refractivity contribution in [2.24, 2.45) is 5.92 Å². The molecule has 0 spiro atoms. The molecule has 3 saturated heterocycles. The molecule has 0 radical (unpaired) electrons. The van der Waals surface area contributed by atoms with Crippen molar-refractivity contribution in [2.45, 2.75) is 113 Å². The monoisotopic (exact) mass is 853 g/mol. The Kier molecular flexibility index (Phi) is 10.5. The Bertz CT molecular complexity index is 2440. The number of fused-ring (bicyclic) bond motifs is 4. The molecule has 326 valence electrons. The van der Waals surface area contributed by atoms with E-state index in [2.05, 4.69) is 43.0 Å². The molecule has 1 unspecified atom stereocenters. The topological polar surface area (TPSA) is 188 Å². The van der Waals surface area contributed by atoms with Crippen LogP contribution in [0, 0.1) is 5.92 Å². The number of morpholine rings is 1. The van der Waals surface area contributed by atoms with Crippen LogP contribution in [-0.2, 0) is 14.3 Å². The van der Waals surface area contributed by atoms with Gasteiger partial charge in [0, 0.05) is 49.7 Å². The highest BCUT2D eigenvalue weighted by Crippen LogP contribution is 2.38. The predicted molar refractivity (Wildman–Crippen MR) is 220 cm³/mol. The maximum absolute atomic E-state index is 14.3. The molecule has 3 aromatic heterocycles. The molecule has 1 aromatic carbocycles. The Morgan fingerprint density at radius 3 is 2.52 bits per heavy atom. The molecule has 2 bridgehead atoms. The fraction of sp³-hybridized carbons (Fsp3) is 0.535. The highest BCUT2D eigenvalue weighted by molar-refractivity contribution is 6.25. The van der Waals surface area contributed by atoms with E-state index >= 15 is 0 Å². The normalized spacial score (nSPS) is 27.5. The Balaban J connectivity index is 0.717. The molecule has 2 aliphatic carbocycles. The fourth-order valence-corrected chi connectivity index (χ4v) is 10.6. The second-order valence-electron chi connectivity index (χ2n) is 17.7. The largest absolute Gasteiger partial charge is 0.382 e. The van der Waals surface area contributed by atoms with Gasteiger partial charge in [0.05, 0.1) is 47.8 Å². The SMILES string of the molecule is CN(CC1CCC(n2cc(NC(=O)c3cnn4ccc(N5C[C@H]6C[C@@H]5CO6)nc34)c(C(F)F)n2)CC1)C1CCC(Nc2cccc3c2C(=O)N(C2CCC(=O)NC2=O)C3=O)CC1. The maximum atomic E-state index is 14.3. The Hall–Kier alpha value is -5.82. The number of carbonyl (C=O) groups excluding carboxylic acids is 5. The van der Waals surface area contributed by atoms with Crippen molar-refractivity contribution in [3.63, 3.8) is 0 Å². The quantitative estimate of drug-likeness (QED) is 0.179. The number of alkyl halides is 2. The van der Waals surface area contributed by atoms with Gasteiger partial charge < -0.3 is 25.2 Å². The van der Waals surface area contributed by atoms with E-state index in [1.54, 1.807) is 29.1 Å². The van der Waals surface area contributed by atoms with Crippen LogP contribution in [0.25, 0.3) is 5.65 Å². The van der Waals surface area contributed by atoms with Crippen LogP contribution < -0.4 is 20.9 Å². The van der Waals surface area contributed by atoms with Gasteiger partial charge in [0.1, 0.15) is 17.4 Å². The molecule has 3 atom stereocenters. The third-order valence-electron chi connectivity index (χ3n) is 13.9. The minimum absolute atomic E-state index is 0.0209. The van der Waals surface area contributed by atoms with Crippen molar-refractivity contribution in [2.75, 3.05) is 42.3 Å². The van der Waals surface area contributed by atoms with E-state index in [4.69, 9.17) is 9.72 Å². The average Bonchev–Trinajstić information content (AvgIpc) is 4.12. The predicted octanol–water partition coefficient (Wildman–Crippen LogP) is 4.58. The standard InChI is InChI=1S/C43H49F2N11O6/c1-52(25-11-7-24(8-12-25)47-31-4-2-3-29-36(31)43(61)56(42(29)60)33-13-14-35(57)50-41(33)59)19-23-5-9-26(10-6-23)55-21-32(37(51-55)38(44)45)48-40(58)30-18-46-54-16-15-34(49-39(30)54)53-20-28-17-27(53)22-62-28/h2-4,15-16,18,21,23-28,33,38,47H,5-14,17,19-20,22H2,1H3,(H,48,58)(H,50,57,59)/t23?,24?,25?,26?,27-,28-,33?/m1/s1. The van der Waals surface area contributed by atoms with Crippen LogP contribution in [0.1, 0.15) is 120 Å². The number of piperidine rings is 1. The number of nitrogens with zero attached hydrogens (tertiary/aromatic N) is 8. The molecule has 10 rings (SSSR count). The van der Waals surface area contributed by atoms with E-state index in [1.165, 1.54) is 16.9 Å². The highest BCUT2D eigenvalue weighted by atomic mass is 19.3. The summed E-state index contributed by atoms with van der Waals surface area (Å²) in [6.45, 7) is 2.28. The first-order valence-corrected chi connectivity index (χ1v) is 21.7. The van der Waals surface area contributed by atoms with Crippen LogP contribution >= 0.6 is 0 Å². The molecule has 19 heteroatoms. The first kappa shape index (κ1) is 40.3. The number of rotatable bonds is 11.